The van der Waals surface area contributed by atoms with E-state index in [4.69, 9.17) is 21.0 Å². The van der Waals surface area contributed by atoms with Crippen LogP contribution in [0.4, 0.5) is 11.6 Å². The Balaban J connectivity index is 1.54. The fourth-order valence-electron chi connectivity index (χ4n) is 4.06. The lowest BCUT2D eigenvalue weighted by atomic mass is 9.88. The molecular weight excluding hydrogens is 446 g/mol. The summed E-state index contributed by atoms with van der Waals surface area (Å²) in [5.41, 5.74) is 11.7. The molecular formula is C29H25N7. The van der Waals surface area contributed by atoms with Gasteiger partial charge in [-0.2, -0.15) is 5.26 Å². The number of fused-ring (bicyclic) bond motifs is 1. The van der Waals surface area contributed by atoms with Crippen LogP contribution in [0.5, 0.6) is 0 Å². The summed E-state index contributed by atoms with van der Waals surface area (Å²) in [6.45, 7) is 4.68. The molecule has 3 N–H and O–H groups in total. The lowest BCUT2D eigenvalue weighted by Crippen LogP contribution is -2.29. The zero-order chi connectivity index (χ0) is 25.1. The topological polar surface area (TPSA) is 113 Å². The highest BCUT2D eigenvalue weighted by molar-refractivity contribution is 5.88. The Labute approximate surface area is 209 Å². The number of nitrogen functional groups attached to an aromatic ring is 1. The highest BCUT2D eigenvalue weighted by atomic mass is 15.1. The zero-order valence-corrected chi connectivity index (χ0v) is 20.1. The summed E-state index contributed by atoms with van der Waals surface area (Å²) >= 11 is 0. The van der Waals surface area contributed by atoms with Crippen LogP contribution in [0.1, 0.15) is 25.1 Å². The number of rotatable bonds is 6. The van der Waals surface area contributed by atoms with Crippen LogP contribution in [0.3, 0.4) is 0 Å². The number of nitriles is 1. The average Bonchev–Trinajstić information content (AvgIpc) is 2.92. The summed E-state index contributed by atoms with van der Waals surface area (Å²) < 4.78 is 0. The van der Waals surface area contributed by atoms with Crippen LogP contribution in [-0.2, 0) is 5.41 Å². The van der Waals surface area contributed by atoms with Gasteiger partial charge in [0.25, 0.3) is 0 Å². The van der Waals surface area contributed by atoms with E-state index in [9.17, 15) is 0 Å². The van der Waals surface area contributed by atoms with E-state index in [0.29, 0.717) is 23.7 Å². The van der Waals surface area contributed by atoms with Crippen molar-refractivity contribution >= 4 is 22.5 Å². The van der Waals surface area contributed by atoms with Gasteiger partial charge in [0.1, 0.15) is 6.07 Å². The molecule has 3 heterocycles. The van der Waals surface area contributed by atoms with E-state index in [-0.39, 0.29) is 5.41 Å². The summed E-state index contributed by atoms with van der Waals surface area (Å²) in [6.07, 6.45) is 3.37. The van der Waals surface area contributed by atoms with Crippen LogP contribution in [0.25, 0.3) is 33.4 Å². The Kier molecular flexibility index (Phi) is 6.01. The highest BCUT2D eigenvalue weighted by Crippen LogP contribution is 2.34. The van der Waals surface area contributed by atoms with Crippen LogP contribution in [0.2, 0.25) is 0 Å². The van der Waals surface area contributed by atoms with Crippen molar-refractivity contribution < 1.29 is 0 Å². The number of nitrogens with two attached hydrogens (primary N) is 1. The van der Waals surface area contributed by atoms with Crippen LogP contribution in [-0.4, -0.2) is 26.5 Å². The van der Waals surface area contributed by atoms with Crippen molar-refractivity contribution in [3.05, 3.63) is 96.4 Å². The Hall–Kier alpha value is -4.83. The number of anilines is 2. The second-order valence-electron chi connectivity index (χ2n) is 9.21. The third-order valence-electron chi connectivity index (χ3n) is 6.13. The first-order valence-electron chi connectivity index (χ1n) is 11.6. The minimum absolute atomic E-state index is 0.323. The summed E-state index contributed by atoms with van der Waals surface area (Å²) in [7, 11) is 0. The molecule has 0 bridgehead atoms. The van der Waals surface area contributed by atoms with E-state index in [1.54, 1.807) is 18.5 Å². The minimum Gasteiger partial charge on any atom is -0.381 e. The molecule has 0 amide bonds. The van der Waals surface area contributed by atoms with Gasteiger partial charge in [0.05, 0.1) is 22.5 Å². The number of hydrogen-bond acceptors (Lipinski definition) is 7. The van der Waals surface area contributed by atoms with E-state index in [0.717, 1.165) is 39.1 Å². The molecule has 0 radical (unpaired) electrons. The monoisotopic (exact) mass is 471 g/mol. The number of aromatic nitrogens is 4. The lowest BCUT2D eigenvalue weighted by Gasteiger charge is -2.25. The van der Waals surface area contributed by atoms with Gasteiger partial charge in [0.15, 0.2) is 11.6 Å². The van der Waals surface area contributed by atoms with Gasteiger partial charge < -0.3 is 11.1 Å². The SMILES string of the molecule is CC(C)(CNc1nc(-c2ccc3ncccc3c2)c(-c2ccccc2)nc1N)c1ccc(C#N)cn1. The second-order valence-corrected chi connectivity index (χ2v) is 9.21. The molecule has 0 unspecified atom stereocenters. The Morgan fingerprint density at radius 3 is 2.44 bits per heavy atom. The largest absolute Gasteiger partial charge is 0.381 e. The molecule has 0 fully saturated rings. The second kappa shape index (κ2) is 9.43. The van der Waals surface area contributed by atoms with Gasteiger partial charge >= 0.3 is 0 Å². The molecule has 0 aliphatic heterocycles. The van der Waals surface area contributed by atoms with Gasteiger partial charge in [0.2, 0.25) is 0 Å². The third kappa shape index (κ3) is 4.57. The standard InChI is InChI=1S/C29H25N7/c1-29(2,24-13-10-19(16-30)17-33-24)18-34-28-27(31)35-25(20-7-4-3-5-8-20)26(36-28)22-11-12-23-21(15-22)9-6-14-32-23/h3-15,17H,18H2,1-2H3,(H2,31,35)(H,34,36). The fourth-order valence-corrected chi connectivity index (χ4v) is 4.06. The van der Waals surface area contributed by atoms with Crippen LogP contribution < -0.4 is 11.1 Å². The zero-order valence-electron chi connectivity index (χ0n) is 20.1. The molecule has 176 valence electrons. The Morgan fingerprint density at radius 1 is 0.889 bits per heavy atom. The quantitative estimate of drug-likeness (QED) is 0.331. The summed E-state index contributed by atoms with van der Waals surface area (Å²) in [5, 5.41) is 13.5. The van der Waals surface area contributed by atoms with E-state index >= 15 is 0 Å². The predicted molar refractivity (Wildman–Crippen MR) is 143 cm³/mol. The van der Waals surface area contributed by atoms with Gasteiger partial charge in [-0.25, -0.2) is 9.97 Å². The maximum atomic E-state index is 9.06. The molecule has 0 aliphatic carbocycles. The van der Waals surface area contributed by atoms with Crippen molar-refractivity contribution in [1.82, 2.24) is 19.9 Å². The van der Waals surface area contributed by atoms with E-state index in [2.05, 4.69) is 41.3 Å². The van der Waals surface area contributed by atoms with Crippen LogP contribution >= 0.6 is 0 Å². The lowest BCUT2D eigenvalue weighted by molar-refractivity contribution is 0.537. The molecule has 0 saturated carbocycles. The van der Waals surface area contributed by atoms with Crippen molar-refractivity contribution in [2.24, 2.45) is 0 Å². The summed E-state index contributed by atoms with van der Waals surface area (Å²) in [5.74, 6) is 0.835. The molecule has 0 saturated heterocycles. The molecule has 7 nitrogen and oxygen atoms in total. The highest BCUT2D eigenvalue weighted by Gasteiger charge is 2.24. The summed E-state index contributed by atoms with van der Waals surface area (Å²) in [4.78, 5) is 18.6. The van der Waals surface area contributed by atoms with Gasteiger partial charge in [-0.05, 0) is 30.3 Å². The average molecular weight is 472 g/mol. The Morgan fingerprint density at radius 2 is 1.69 bits per heavy atom. The first-order chi connectivity index (χ1) is 17.4. The molecule has 0 aliphatic rings. The number of benzene rings is 2. The van der Waals surface area contributed by atoms with Crippen molar-refractivity contribution in [2.75, 3.05) is 17.6 Å². The van der Waals surface area contributed by atoms with Crippen LogP contribution in [0.15, 0.2) is 85.2 Å². The van der Waals surface area contributed by atoms with E-state index in [1.165, 1.54) is 0 Å². The fraction of sp³-hybridized carbons (Fsp3) is 0.138. The number of hydrogen-bond donors (Lipinski definition) is 2. The normalized spacial score (nSPS) is 11.2. The number of nitrogens with zero attached hydrogens (tertiary/aromatic N) is 5. The van der Waals surface area contributed by atoms with E-state index in [1.807, 2.05) is 60.7 Å². The van der Waals surface area contributed by atoms with Crippen molar-refractivity contribution in [2.45, 2.75) is 19.3 Å². The first-order valence-corrected chi connectivity index (χ1v) is 11.6. The van der Waals surface area contributed by atoms with Crippen LogP contribution in [0, 0.1) is 11.3 Å². The van der Waals surface area contributed by atoms with E-state index < -0.39 is 0 Å². The first kappa shape index (κ1) is 22.9. The molecule has 2 aromatic carbocycles. The van der Waals surface area contributed by atoms with Gasteiger partial charge in [0, 0.05) is 46.6 Å². The molecule has 36 heavy (non-hydrogen) atoms. The maximum absolute atomic E-state index is 9.06. The van der Waals surface area contributed by atoms with Gasteiger partial charge in [-0.15, -0.1) is 0 Å². The number of nitrogens with one attached hydrogen (secondary N) is 1. The third-order valence-corrected chi connectivity index (χ3v) is 6.13. The minimum atomic E-state index is -0.338. The Bertz CT molecular complexity index is 1570. The van der Waals surface area contributed by atoms with Crippen molar-refractivity contribution in [1.29, 1.82) is 5.26 Å². The molecule has 5 rings (SSSR count). The molecule has 0 atom stereocenters. The summed E-state index contributed by atoms with van der Waals surface area (Å²) in [6, 6.07) is 25.7. The van der Waals surface area contributed by atoms with Crippen molar-refractivity contribution in [3.63, 3.8) is 0 Å². The van der Waals surface area contributed by atoms with Gasteiger partial charge in [-0.1, -0.05) is 56.3 Å². The smallest absolute Gasteiger partial charge is 0.169 e. The van der Waals surface area contributed by atoms with Crippen molar-refractivity contribution in [3.8, 4) is 28.6 Å². The molecule has 5 aromatic rings. The molecule has 3 aromatic heterocycles. The maximum Gasteiger partial charge on any atom is 0.169 e. The predicted octanol–water partition coefficient (Wildman–Crippen LogP) is 5.60. The molecule has 7 heteroatoms. The number of pyridine rings is 2. The van der Waals surface area contributed by atoms with Gasteiger partial charge in [-0.3, -0.25) is 9.97 Å². The molecule has 0 spiro atoms.